The quantitative estimate of drug-likeness (QED) is 0.682. The standard InChI is InChI=1S/C15H22N4O2.HI/c1-3-16-14(20)11-21-13-6-4-5-12(9-13)10-18-15-17-7-8-19(15)2;/h4-6,9H,3,7-8,10-11H2,1-2H3,(H,16,20)(H,17,18);1H. The summed E-state index contributed by atoms with van der Waals surface area (Å²) in [6.45, 7) is 5.02. The predicted octanol–water partition coefficient (Wildman–Crippen LogP) is 1.21. The van der Waals surface area contributed by atoms with Gasteiger partial charge in [-0.2, -0.15) is 0 Å². The zero-order valence-electron chi connectivity index (χ0n) is 13.0. The normalized spacial score (nSPS) is 13.2. The summed E-state index contributed by atoms with van der Waals surface area (Å²) in [5, 5.41) is 6.00. The maximum Gasteiger partial charge on any atom is 0.257 e. The second kappa shape index (κ2) is 9.50. The molecule has 0 saturated heterocycles. The van der Waals surface area contributed by atoms with Crippen molar-refractivity contribution in [3.8, 4) is 5.75 Å². The number of halogens is 1. The lowest BCUT2D eigenvalue weighted by Gasteiger charge is -2.15. The summed E-state index contributed by atoms with van der Waals surface area (Å²) in [5.41, 5.74) is 1.09. The highest BCUT2D eigenvalue weighted by molar-refractivity contribution is 14.0. The van der Waals surface area contributed by atoms with Crippen molar-refractivity contribution in [3.05, 3.63) is 29.8 Å². The van der Waals surface area contributed by atoms with Gasteiger partial charge in [-0.15, -0.1) is 24.0 Å². The van der Waals surface area contributed by atoms with Gasteiger partial charge in [-0.25, -0.2) is 0 Å². The number of carbonyl (C=O) groups is 1. The fourth-order valence-electron chi connectivity index (χ4n) is 2.05. The molecular weight excluding hydrogens is 395 g/mol. The van der Waals surface area contributed by atoms with E-state index in [1.54, 1.807) is 0 Å². The van der Waals surface area contributed by atoms with E-state index in [9.17, 15) is 4.79 Å². The van der Waals surface area contributed by atoms with Gasteiger partial charge < -0.3 is 20.3 Å². The van der Waals surface area contributed by atoms with Crippen LogP contribution in [0.4, 0.5) is 0 Å². The van der Waals surface area contributed by atoms with Gasteiger partial charge >= 0.3 is 0 Å². The first-order valence-electron chi connectivity index (χ1n) is 7.17. The first kappa shape index (κ1) is 18.5. The summed E-state index contributed by atoms with van der Waals surface area (Å²) < 4.78 is 5.47. The molecule has 1 aliphatic rings. The summed E-state index contributed by atoms with van der Waals surface area (Å²) in [4.78, 5) is 17.8. The van der Waals surface area contributed by atoms with E-state index in [2.05, 4.69) is 20.5 Å². The third-order valence-corrected chi connectivity index (χ3v) is 3.15. The number of hydrogen-bond donors (Lipinski definition) is 2. The fraction of sp³-hybridized carbons (Fsp3) is 0.467. The molecular formula is C15H23IN4O2. The van der Waals surface area contributed by atoms with Gasteiger partial charge in [0.05, 0.1) is 6.54 Å². The molecule has 0 atom stereocenters. The van der Waals surface area contributed by atoms with Gasteiger partial charge in [0, 0.05) is 26.7 Å². The highest BCUT2D eigenvalue weighted by Crippen LogP contribution is 2.13. The Kier molecular flexibility index (Phi) is 8.00. The number of carbonyl (C=O) groups excluding carboxylic acids is 1. The van der Waals surface area contributed by atoms with E-state index in [1.807, 2.05) is 38.2 Å². The molecule has 0 radical (unpaired) electrons. The summed E-state index contributed by atoms with van der Waals surface area (Å²) >= 11 is 0. The van der Waals surface area contributed by atoms with E-state index in [1.165, 1.54) is 0 Å². The molecule has 2 N–H and O–H groups in total. The van der Waals surface area contributed by atoms with Crippen LogP contribution in [0.5, 0.6) is 5.75 Å². The molecule has 0 saturated carbocycles. The van der Waals surface area contributed by atoms with Gasteiger partial charge in [-0.3, -0.25) is 9.79 Å². The predicted molar refractivity (Wildman–Crippen MR) is 97.8 cm³/mol. The Morgan fingerprint density at radius 1 is 1.45 bits per heavy atom. The maximum atomic E-state index is 11.4. The number of amides is 1. The van der Waals surface area contributed by atoms with E-state index < -0.39 is 0 Å². The average molecular weight is 418 g/mol. The van der Waals surface area contributed by atoms with E-state index in [4.69, 9.17) is 4.74 Å². The Morgan fingerprint density at radius 2 is 2.27 bits per heavy atom. The lowest BCUT2D eigenvalue weighted by molar-refractivity contribution is -0.122. The average Bonchev–Trinajstić information content (AvgIpc) is 2.89. The smallest absolute Gasteiger partial charge is 0.257 e. The van der Waals surface area contributed by atoms with Crippen molar-refractivity contribution in [1.82, 2.24) is 15.5 Å². The topological polar surface area (TPSA) is 66.0 Å². The molecule has 0 fully saturated rings. The number of hydrogen-bond acceptors (Lipinski definition) is 5. The molecule has 1 amide bonds. The van der Waals surface area contributed by atoms with Crippen molar-refractivity contribution in [2.24, 2.45) is 4.99 Å². The summed E-state index contributed by atoms with van der Waals surface area (Å²) in [6.07, 6.45) is 0. The Morgan fingerprint density at radius 3 is 2.95 bits per heavy atom. The van der Waals surface area contributed by atoms with Gasteiger partial charge in [-0.05, 0) is 24.6 Å². The van der Waals surface area contributed by atoms with Crippen LogP contribution in [-0.4, -0.2) is 50.1 Å². The highest BCUT2D eigenvalue weighted by Gasteiger charge is 2.11. The summed E-state index contributed by atoms with van der Waals surface area (Å²) in [7, 11) is 2.02. The Bertz CT molecular complexity index is 522. The summed E-state index contributed by atoms with van der Waals surface area (Å²) in [5.74, 6) is 1.51. The molecule has 122 valence electrons. The number of aliphatic imine (C=N–C) groups is 1. The molecule has 1 aliphatic heterocycles. The molecule has 1 aromatic rings. The second-order valence-electron chi connectivity index (χ2n) is 4.87. The van der Waals surface area contributed by atoms with Crippen LogP contribution in [0, 0.1) is 0 Å². The molecule has 1 aromatic carbocycles. The number of rotatable bonds is 6. The third kappa shape index (κ3) is 5.70. The molecule has 0 aliphatic carbocycles. The molecule has 0 bridgehead atoms. The van der Waals surface area contributed by atoms with Crippen LogP contribution >= 0.6 is 24.0 Å². The van der Waals surface area contributed by atoms with Crippen LogP contribution in [0.25, 0.3) is 0 Å². The highest BCUT2D eigenvalue weighted by atomic mass is 127. The molecule has 0 unspecified atom stereocenters. The molecule has 7 heteroatoms. The number of ether oxygens (including phenoxy) is 1. The number of benzene rings is 1. The molecule has 0 aromatic heterocycles. The molecule has 2 rings (SSSR count). The maximum absolute atomic E-state index is 11.4. The zero-order valence-corrected chi connectivity index (χ0v) is 15.3. The Labute approximate surface area is 148 Å². The van der Waals surface area contributed by atoms with Crippen molar-refractivity contribution >= 4 is 35.8 Å². The number of nitrogens with one attached hydrogen (secondary N) is 2. The van der Waals surface area contributed by atoms with Crippen LogP contribution < -0.4 is 15.4 Å². The Hall–Kier alpha value is -1.51. The van der Waals surface area contributed by atoms with Gasteiger partial charge in [0.15, 0.2) is 12.6 Å². The monoisotopic (exact) mass is 418 g/mol. The van der Waals surface area contributed by atoms with Crippen LogP contribution in [-0.2, 0) is 11.3 Å². The lowest BCUT2D eigenvalue weighted by atomic mass is 10.2. The van der Waals surface area contributed by atoms with E-state index >= 15 is 0 Å². The zero-order chi connectivity index (χ0) is 15.1. The van der Waals surface area contributed by atoms with Crippen molar-refractivity contribution in [1.29, 1.82) is 0 Å². The first-order chi connectivity index (χ1) is 10.2. The number of nitrogens with zero attached hydrogens (tertiary/aromatic N) is 2. The number of likely N-dealkylation sites (N-methyl/N-ethyl adjacent to an activating group) is 2. The first-order valence-corrected chi connectivity index (χ1v) is 7.17. The van der Waals surface area contributed by atoms with Crippen LogP contribution in [0.1, 0.15) is 12.5 Å². The molecule has 22 heavy (non-hydrogen) atoms. The molecule has 1 heterocycles. The van der Waals surface area contributed by atoms with Crippen LogP contribution in [0.15, 0.2) is 29.3 Å². The van der Waals surface area contributed by atoms with E-state index in [-0.39, 0.29) is 36.5 Å². The minimum Gasteiger partial charge on any atom is -0.484 e. The van der Waals surface area contributed by atoms with Gasteiger partial charge in [0.2, 0.25) is 0 Å². The third-order valence-electron chi connectivity index (χ3n) is 3.15. The van der Waals surface area contributed by atoms with Crippen molar-refractivity contribution in [2.45, 2.75) is 13.5 Å². The van der Waals surface area contributed by atoms with E-state index in [0.29, 0.717) is 18.8 Å². The van der Waals surface area contributed by atoms with Gasteiger partial charge in [-0.1, -0.05) is 12.1 Å². The van der Waals surface area contributed by atoms with Crippen molar-refractivity contribution < 1.29 is 9.53 Å². The second-order valence-corrected chi connectivity index (χ2v) is 4.87. The minimum atomic E-state index is -0.108. The number of guanidine groups is 1. The Balaban J connectivity index is 0.00000242. The van der Waals surface area contributed by atoms with Crippen molar-refractivity contribution in [3.63, 3.8) is 0 Å². The molecule has 6 nitrogen and oxygen atoms in total. The fourth-order valence-corrected chi connectivity index (χ4v) is 2.05. The van der Waals surface area contributed by atoms with Crippen LogP contribution in [0.2, 0.25) is 0 Å². The van der Waals surface area contributed by atoms with Crippen LogP contribution in [0.3, 0.4) is 0 Å². The van der Waals surface area contributed by atoms with Gasteiger partial charge in [0.25, 0.3) is 5.91 Å². The minimum absolute atomic E-state index is 0. The lowest BCUT2D eigenvalue weighted by Crippen LogP contribution is -2.35. The summed E-state index contributed by atoms with van der Waals surface area (Å²) in [6, 6.07) is 7.72. The largest absolute Gasteiger partial charge is 0.484 e. The van der Waals surface area contributed by atoms with E-state index in [0.717, 1.165) is 24.6 Å². The SMILES string of the molecule is CCNC(=O)COc1cccc(CNC2=NCCN2C)c1.I. The molecule has 0 spiro atoms. The van der Waals surface area contributed by atoms with Gasteiger partial charge in [0.1, 0.15) is 5.75 Å². The van der Waals surface area contributed by atoms with Crippen molar-refractivity contribution in [2.75, 3.05) is 33.3 Å².